The monoisotopic (exact) mass is 327 g/mol. The van der Waals surface area contributed by atoms with Gasteiger partial charge in [0.15, 0.2) is 5.57 Å². The standard InChI is InChI=1S/C14H14ClNO6/c1-21-11(18)7-10(17)12(14(20)22-2)13(19)16-9-5-3-8(15)4-6-9/h3-6,17H,7H2,1-2H3,(H,16,19)/b12-10+. The Hall–Kier alpha value is -2.54. The van der Waals surface area contributed by atoms with Gasteiger partial charge >= 0.3 is 11.9 Å². The van der Waals surface area contributed by atoms with Gasteiger partial charge in [-0.15, -0.1) is 0 Å². The minimum atomic E-state index is -1.08. The van der Waals surface area contributed by atoms with E-state index in [0.717, 1.165) is 14.2 Å². The molecule has 8 heteroatoms. The van der Waals surface area contributed by atoms with Gasteiger partial charge in [-0.1, -0.05) is 11.6 Å². The van der Waals surface area contributed by atoms with Crippen LogP contribution in [0.4, 0.5) is 5.69 Å². The molecule has 1 rings (SSSR count). The maximum absolute atomic E-state index is 12.1. The lowest BCUT2D eigenvalue weighted by Gasteiger charge is -2.09. The van der Waals surface area contributed by atoms with Gasteiger partial charge in [-0.2, -0.15) is 0 Å². The molecule has 0 bridgehead atoms. The van der Waals surface area contributed by atoms with E-state index in [1.165, 1.54) is 24.3 Å². The number of esters is 2. The molecule has 0 spiro atoms. The highest BCUT2D eigenvalue weighted by Gasteiger charge is 2.26. The van der Waals surface area contributed by atoms with Crippen molar-refractivity contribution in [2.24, 2.45) is 0 Å². The topological polar surface area (TPSA) is 102 Å². The van der Waals surface area contributed by atoms with Crippen molar-refractivity contribution >= 4 is 35.1 Å². The average molecular weight is 328 g/mol. The van der Waals surface area contributed by atoms with Crippen LogP contribution < -0.4 is 5.32 Å². The van der Waals surface area contributed by atoms with Gasteiger partial charge < -0.3 is 19.9 Å². The molecule has 0 aliphatic heterocycles. The first-order valence-electron chi connectivity index (χ1n) is 6.03. The Kier molecular flexibility index (Phi) is 6.40. The summed E-state index contributed by atoms with van der Waals surface area (Å²) >= 11 is 5.72. The van der Waals surface area contributed by atoms with Crippen LogP contribution in [0.3, 0.4) is 0 Å². The molecule has 0 unspecified atom stereocenters. The summed E-state index contributed by atoms with van der Waals surface area (Å²) in [4.78, 5) is 34.9. The molecule has 0 aliphatic rings. The summed E-state index contributed by atoms with van der Waals surface area (Å²) in [5.41, 5.74) is -0.329. The summed E-state index contributed by atoms with van der Waals surface area (Å²) in [7, 11) is 2.16. The third-order valence-electron chi connectivity index (χ3n) is 2.55. The smallest absolute Gasteiger partial charge is 0.346 e. The van der Waals surface area contributed by atoms with Crippen molar-refractivity contribution in [3.63, 3.8) is 0 Å². The van der Waals surface area contributed by atoms with Gasteiger partial charge in [0.25, 0.3) is 5.91 Å². The SMILES string of the molecule is COC(=O)C/C(O)=C(/C(=O)Nc1ccc(Cl)cc1)C(=O)OC. The molecule has 7 nitrogen and oxygen atoms in total. The number of aliphatic hydroxyl groups excluding tert-OH is 1. The molecular formula is C14H14ClNO6. The van der Waals surface area contributed by atoms with Gasteiger partial charge in [0, 0.05) is 10.7 Å². The third-order valence-corrected chi connectivity index (χ3v) is 2.80. The lowest BCUT2D eigenvalue weighted by atomic mass is 10.1. The van der Waals surface area contributed by atoms with E-state index in [1.54, 1.807) is 0 Å². The van der Waals surface area contributed by atoms with E-state index in [1.807, 2.05) is 0 Å². The zero-order chi connectivity index (χ0) is 16.7. The van der Waals surface area contributed by atoms with Crippen molar-refractivity contribution in [3.05, 3.63) is 40.6 Å². The summed E-state index contributed by atoms with van der Waals surface area (Å²) in [5.74, 6) is -3.55. The molecule has 0 aromatic heterocycles. The van der Waals surface area contributed by atoms with Crippen LogP contribution in [0.2, 0.25) is 5.02 Å². The van der Waals surface area contributed by atoms with Crippen molar-refractivity contribution in [3.8, 4) is 0 Å². The first kappa shape index (κ1) is 17.5. The van der Waals surface area contributed by atoms with Crippen molar-refractivity contribution in [1.29, 1.82) is 0 Å². The molecule has 118 valence electrons. The van der Waals surface area contributed by atoms with Crippen LogP contribution in [0.1, 0.15) is 6.42 Å². The molecule has 0 heterocycles. The van der Waals surface area contributed by atoms with Crippen LogP contribution in [0.5, 0.6) is 0 Å². The van der Waals surface area contributed by atoms with Crippen molar-refractivity contribution in [2.45, 2.75) is 6.42 Å². The second-order valence-electron chi connectivity index (χ2n) is 4.03. The molecular weight excluding hydrogens is 314 g/mol. The van der Waals surface area contributed by atoms with E-state index in [9.17, 15) is 19.5 Å². The highest BCUT2D eigenvalue weighted by atomic mass is 35.5. The fraction of sp³-hybridized carbons (Fsp3) is 0.214. The number of carbonyl (C=O) groups is 3. The Morgan fingerprint density at radius 3 is 2.23 bits per heavy atom. The van der Waals surface area contributed by atoms with Gasteiger partial charge in [-0.05, 0) is 24.3 Å². The number of amides is 1. The number of nitrogens with one attached hydrogen (secondary N) is 1. The third kappa shape index (κ3) is 4.78. The van der Waals surface area contributed by atoms with Crippen LogP contribution in [0.15, 0.2) is 35.6 Å². The van der Waals surface area contributed by atoms with Crippen molar-refractivity contribution in [1.82, 2.24) is 0 Å². The molecule has 0 aliphatic carbocycles. The molecule has 0 saturated heterocycles. The molecule has 0 radical (unpaired) electrons. The fourth-order valence-electron chi connectivity index (χ4n) is 1.47. The van der Waals surface area contributed by atoms with E-state index >= 15 is 0 Å². The Labute approximate surface area is 131 Å². The Morgan fingerprint density at radius 2 is 1.73 bits per heavy atom. The molecule has 1 amide bonds. The lowest BCUT2D eigenvalue weighted by Crippen LogP contribution is -2.24. The second kappa shape index (κ2) is 8.04. The molecule has 2 N–H and O–H groups in total. The number of anilines is 1. The molecule has 1 aromatic carbocycles. The summed E-state index contributed by atoms with van der Waals surface area (Å²) in [6.45, 7) is 0. The molecule has 0 saturated carbocycles. The van der Waals surface area contributed by atoms with Gasteiger partial charge in [0.1, 0.15) is 12.2 Å². The van der Waals surface area contributed by atoms with Crippen molar-refractivity contribution in [2.75, 3.05) is 19.5 Å². The van der Waals surface area contributed by atoms with Gasteiger partial charge in [0.05, 0.1) is 14.2 Å². The maximum Gasteiger partial charge on any atom is 0.346 e. The quantitative estimate of drug-likeness (QED) is 0.281. The fourth-order valence-corrected chi connectivity index (χ4v) is 1.59. The number of aliphatic hydroxyl groups is 1. The minimum Gasteiger partial charge on any atom is -0.511 e. The Balaban J connectivity index is 3.03. The first-order chi connectivity index (χ1) is 10.4. The van der Waals surface area contributed by atoms with Gasteiger partial charge in [-0.25, -0.2) is 4.79 Å². The van der Waals surface area contributed by atoms with Gasteiger partial charge in [0.2, 0.25) is 0 Å². The summed E-state index contributed by atoms with van der Waals surface area (Å²) in [6.07, 6.45) is -0.630. The summed E-state index contributed by atoms with van der Waals surface area (Å²) in [5, 5.41) is 12.7. The van der Waals surface area contributed by atoms with Crippen LogP contribution in [-0.2, 0) is 23.9 Å². The van der Waals surface area contributed by atoms with E-state index in [2.05, 4.69) is 14.8 Å². The molecule has 22 heavy (non-hydrogen) atoms. The van der Waals surface area contributed by atoms with E-state index in [0.29, 0.717) is 10.7 Å². The Morgan fingerprint density at radius 1 is 1.14 bits per heavy atom. The predicted molar refractivity (Wildman–Crippen MR) is 78.4 cm³/mol. The molecule has 0 atom stereocenters. The van der Waals surface area contributed by atoms with Gasteiger partial charge in [-0.3, -0.25) is 9.59 Å². The number of hydrogen-bond acceptors (Lipinski definition) is 6. The number of ether oxygens (including phenoxy) is 2. The lowest BCUT2D eigenvalue weighted by molar-refractivity contribution is -0.140. The average Bonchev–Trinajstić information content (AvgIpc) is 2.49. The number of hydrogen-bond donors (Lipinski definition) is 2. The van der Waals surface area contributed by atoms with Crippen LogP contribution in [0, 0.1) is 0 Å². The second-order valence-corrected chi connectivity index (χ2v) is 4.46. The van der Waals surface area contributed by atoms with E-state index in [-0.39, 0.29) is 0 Å². The van der Waals surface area contributed by atoms with E-state index < -0.39 is 35.6 Å². The number of rotatable bonds is 5. The predicted octanol–water partition coefficient (Wildman–Crippen LogP) is 1.83. The number of halogens is 1. The zero-order valence-corrected chi connectivity index (χ0v) is 12.6. The zero-order valence-electron chi connectivity index (χ0n) is 11.9. The highest BCUT2D eigenvalue weighted by molar-refractivity contribution is 6.30. The first-order valence-corrected chi connectivity index (χ1v) is 6.41. The molecule has 1 aromatic rings. The van der Waals surface area contributed by atoms with Crippen LogP contribution in [-0.4, -0.2) is 37.2 Å². The summed E-state index contributed by atoms with van der Waals surface area (Å²) in [6, 6.07) is 6.08. The van der Waals surface area contributed by atoms with Crippen LogP contribution >= 0.6 is 11.6 Å². The number of carbonyl (C=O) groups excluding carboxylic acids is 3. The van der Waals surface area contributed by atoms with Crippen molar-refractivity contribution < 1.29 is 29.0 Å². The summed E-state index contributed by atoms with van der Waals surface area (Å²) < 4.78 is 8.80. The maximum atomic E-state index is 12.1. The highest BCUT2D eigenvalue weighted by Crippen LogP contribution is 2.16. The molecule has 0 fully saturated rings. The van der Waals surface area contributed by atoms with E-state index in [4.69, 9.17) is 11.6 Å². The Bertz CT molecular complexity index is 608. The number of methoxy groups -OCH3 is 2. The number of benzene rings is 1. The minimum absolute atomic E-state index is 0.349. The normalized spacial score (nSPS) is 11.2. The van der Waals surface area contributed by atoms with Crippen LogP contribution in [0.25, 0.3) is 0 Å². The largest absolute Gasteiger partial charge is 0.511 e.